The van der Waals surface area contributed by atoms with Gasteiger partial charge in [0, 0.05) is 18.3 Å². The van der Waals surface area contributed by atoms with E-state index in [1.807, 2.05) is 0 Å². The number of nitrogens with zero attached hydrogens (tertiary/aromatic N) is 3. The van der Waals surface area contributed by atoms with Crippen LogP contribution in [0.1, 0.15) is 16.1 Å². The number of rotatable bonds is 3. The lowest BCUT2D eigenvalue weighted by Gasteiger charge is -2.02. The summed E-state index contributed by atoms with van der Waals surface area (Å²) in [5.74, 6) is -1.88. The monoisotopic (exact) mass is 265 g/mol. The van der Waals surface area contributed by atoms with Crippen molar-refractivity contribution in [2.75, 3.05) is 0 Å². The topological polar surface area (TPSA) is 98.3 Å². The van der Waals surface area contributed by atoms with Crippen molar-refractivity contribution >= 4 is 11.7 Å². The molecule has 1 aromatic carbocycles. The Labute approximate surface area is 106 Å². The Bertz CT molecular complexity index is 681. The molecule has 0 aliphatic heterocycles. The van der Waals surface area contributed by atoms with Gasteiger partial charge in [-0.05, 0) is 13.0 Å². The Hall–Kier alpha value is -2.77. The number of carboxylic acid groups (broad SMARTS) is 1. The van der Waals surface area contributed by atoms with Crippen LogP contribution in [0.15, 0.2) is 24.4 Å². The van der Waals surface area contributed by atoms with Gasteiger partial charge in [-0.1, -0.05) is 0 Å². The fraction of sp³-hybridized carbons (Fsp3) is 0.0909. The van der Waals surface area contributed by atoms with Crippen molar-refractivity contribution in [1.82, 2.24) is 9.78 Å². The number of benzene rings is 1. The maximum Gasteiger partial charge on any atom is 0.339 e. The Balaban J connectivity index is 2.64. The van der Waals surface area contributed by atoms with Crippen LogP contribution in [0.3, 0.4) is 0 Å². The minimum Gasteiger partial charge on any atom is -0.478 e. The summed E-state index contributed by atoms with van der Waals surface area (Å²) in [4.78, 5) is 21.1. The first-order valence-corrected chi connectivity index (χ1v) is 5.14. The minimum absolute atomic E-state index is 0.0986. The standard InChI is InChI=1S/C11H8FN3O4/c1-6-8(11(16)17)5-14(13-6)10-4-7(12)2-3-9(10)15(18)19/h2-5H,1H3,(H,16,17). The van der Waals surface area contributed by atoms with Gasteiger partial charge in [0.2, 0.25) is 0 Å². The number of aryl methyl sites for hydroxylation is 1. The van der Waals surface area contributed by atoms with E-state index in [1.165, 1.54) is 6.92 Å². The van der Waals surface area contributed by atoms with E-state index in [0.29, 0.717) is 0 Å². The fourth-order valence-corrected chi connectivity index (χ4v) is 1.63. The third kappa shape index (κ3) is 2.28. The lowest BCUT2D eigenvalue weighted by atomic mass is 10.2. The molecule has 0 amide bonds. The number of aromatic carboxylic acids is 1. The average Bonchev–Trinajstić information content (AvgIpc) is 2.70. The highest BCUT2D eigenvalue weighted by molar-refractivity contribution is 5.88. The molecular weight excluding hydrogens is 257 g/mol. The van der Waals surface area contributed by atoms with Crippen molar-refractivity contribution in [3.63, 3.8) is 0 Å². The number of aromatic nitrogens is 2. The zero-order valence-corrected chi connectivity index (χ0v) is 9.70. The van der Waals surface area contributed by atoms with Crippen molar-refractivity contribution < 1.29 is 19.2 Å². The maximum atomic E-state index is 13.2. The van der Waals surface area contributed by atoms with Crippen molar-refractivity contribution in [1.29, 1.82) is 0 Å². The second-order valence-electron chi connectivity index (χ2n) is 3.77. The van der Waals surface area contributed by atoms with Gasteiger partial charge in [0.05, 0.1) is 10.6 Å². The SMILES string of the molecule is Cc1nn(-c2cc(F)ccc2[N+](=O)[O-])cc1C(=O)O. The zero-order chi connectivity index (χ0) is 14.2. The van der Waals surface area contributed by atoms with Crippen LogP contribution in [0.4, 0.5) is 10.1 Å². The van der Waals surface area contributed by atoms with Crippen LogP contribution < -0.4 is 0 Å². The van der Waals surface area contributed by atoms with E-state index in [1.54, 1.807) is 0 Å². The molecule has 1 aromatic heterocycles. The number of halogens is 1. The van der Waals surface area contributed by atoms with Gasteiger partial charge in [0.25, 0.3) is 5.69 Å². The van der Waals surface area contributed by atoms with E-state index >= 15 is 0 Å². The van der Waals surface area contributed by atoms with Crippen molar-refractivity contribution in [3.8, 4) is 5.69 Å². The first-order chi connectivity index (χ1) is 8.90. The number of hydrogen-bond acceptors (Lipinski definition) is 4. The summed E-state index contributed by atoms with van der Waals surface area (Å²) in [5.41, 5.74) is -0.397. The summed E-state index contributed by atoms with van der Waals surface area (Å²) >= 11 is 0. The van der Waals surface area contributed by atoms with E-state index in [0.717, 1.165) is 29.1 Å². The Morgan fingerprint density at radius 2 is 2.21 bits per heavy atom. The molecule has 1 N–H and O–H groups in total. The molecule has 2 aromatic rings. The second kappa shape index (κ2) is 4.48. The van der Waals surface area contributed by atoms with Gasteiger partial charge in [0.1, 0.15) is 17.1 Å². The van der Waals surface area contributed by atoms with E-state index in [-0.39, 0.29) is 22.6 Å². The second-order valence-corrected chi connectivity index (χ2v) is 3.77. The molecule has 98 valence electrons. The average molecular weight is 265 g/mol. The van der Waals surface area contributed by atoms with Gasteiger partial charge in [-0.3, -0.25) is 10.1 Å². The van der Waals surface area contributed by atoms with Gasteiger partial charge in [0.15, 0.2) is 0 Å². The zero-order valence-electron chi connectivity index (χ0n) is 9.70. The van der Waals surface area contributed by atoms with Crippen LogP contribution in [0.5, 0.6) is 0 Å². The highest BCUT2D eigenvalue weighted by Gasteiger charge is 2.20. The molecule has 0 atom stereocenters. The van der Waals surface area contributed by atoms with Gasteiger partial charge in [-0.2, -0.15) is 5.10 Å². The van der Waals surface area contributed by atoms with Crippen LogP contribution in [0, 0.1) is 22.9 Å². The maximum absolute atomic E-state index is 13.2. The molecule has 1 heterocycles. The lowest BCUT2D eigenvalue weighted by Crippen LogP contribution is -2.01. The quantitative estimate of drug-likeness (QED) is 0.675. The molecule has 0 radical (unpaired) electrons. The predicted molar refractivity (Wildman–Crippen MR) is 61.9 cm³/mol. The number of carboxylic acids is 1. The number of nitro groups is 1. The minimum atomic E-state index is -1.21. The smallest absolute Gasteiger partial charge is 0.339 e. The number of hydrogen-bond donors (Lipinski definition) is 1. The molecule has 0 bridgehead atoms. The Morgan fingerprint density at radius 3 is 2.74 bits per heavy atom. The molecule has 19 heavy (non-hydrogen) atoms. The Morgan fingerprint density at radius 1 is 1.53 bits per heavy atom. The molecule has 0 aliphatic rings. The molecule has 0 spiro atoms. The molecule has 7 nitrogen and oxygen atoms in total. The summed E-state index contributed by atoms with van der Waals surface area (Å²) in [6.07, 6.45) is 1.11. The van der Waals surface area contributed by atoms with E-state index in [9.17, 15) is 19.3 Å². The van der Waals surface area contributed by atoms with Crippen molar-refractivity contribution in [3.05, 3.63) is 51.6 Å². The highest BCUT2D eigenvalue weighted by Crippen LogP contribution is 2.24. The molecule has 0 fully saturated rings. The third-order valence-corrected chi connectivity index (χ3v) is 2.51. The third-order valence-electron chi connectivity index (χ3n) is 2.51. The van der Waals surface area contributed by atoms with Gasteiger partial charge < -0.3 is 5.11 Å². The van der Waals surface area contributed by atoms with E-state index in [2.05, 4.69) is 5.10 Å². The van der Waals surface area contributed by atoms with Crippen LogP contribution in [0.25, 0.3) is 5.69 Å². The fourth-order valence-electron chi connectivity index (χ4n) is 1.63. The summed E-state index contributed by atoms with van der Waals surface area (Å²) < 4.78 is 14.2. The van der Waals surface area contributed by atoms with E-state index in [4.69, 9.17) is 5.11 Å². The molecule has 8 heteroatoms. The Kier molecular flexibility index (Phi) is 2.99. The lowest BCUT2D eigenvalue weighted by molar-refractivity contribution is -0.384. The number of nitro benzene ring substituents is 1. The summed E-state index contributed by atoms with van der Waals surface area (Å²) in [6.45, 7) is 1.45. The molecule has 0 aliphatic carbocycles. The van der Waals surface area contributed by atoms with Crippen LogP contribution >= 0.6 is 0 Å². The van der Waals surface area contributed by atoms with Crippen LogP contribution in [-0.4, -0.2) is 25.8 Å². The summed E-state index contributed by atoms with van der Waals surface area (Å²) in [6, 6.07) is 2.88. The molecule has 0 saturated heterocycles. The molecular formula is C11H8FN3O4. The van der Waals surface area contributed by atoms with Gasteiger partial charge in [-0.25, -0.2) is 13.9 Å². The van der Waals surface area contributed by atoms with Crippen LogP contribution in [0.2, 0.25) is 0 Å². The summed E-state index contributed by atoms with van der Waals surface area (Å²) in [7, 11) is 0. The van der Waals surface area contributed by atoms with Crippen LogP contribution in [-0.2, 0) is 0 Å². The molecule has 0 unspecified atom stereocenters. The van der Waals surface area contributed by atoms with E-state index < -0.39 is 16.7 Å². The van der Waals surface area contributed by atoms with Crippen molar-refractivity contribution in [2.24, 2.45) is 0 Å². The normalized spacial score (nSPS) is 10.4. The first-order valence-electron chi connectivity index (χ1n) is 5.14. The molecule has 0 saturated carbocycles. The molecule has 2 rings (SSSR count). The summed E-state index contributed by atoms with van der Waals surface area (Å²) in [5, 5.41) is 23.6. The number of carbonyl (C=O) groups is 1. The highest BCUT2D eigenvalue weighted by atomic mass is 19.1. The van der Waals surface area contributed by atoms with Gasteiger partial charge >= 0.3 is 5.97 Å². The van der Waals surface area contributed by atoms with Gasteiger partial charge in [-0.15, -0.1) is 0 Å². The first kappa shape index (κ1) is 12.7. The predicted octanol–water partition coefficient (Wildman–Crippen LogP) is 1.93. The van der Waals surface area contributed by atoms with Crippen molar-refractivity contribution in [2.45, 2.75) is 6.92 Å². The largest absolute Gasteiger partial charge is 0.478 e.